The number of hydrogen-bond donors (Lipinski definition) is 3. The highest BCUT2D eigenvalue weighted by molar-refractivity contribution is 5.81. The van der Waals surface area contributed by atoms with E-state index in [4.69, 9.17) is 16.2 Å². The van der Waals surface area contributed by atoms with Gasteiger partial charge in [-0.05, 0) is 41.7 Å². The van der Waals surface area contributed by atoms with Crippen LogP contribution >= 0.6 is 0 Å². The van der Waals surface area contributed by atoms with Gasteiger partial charge in [-0.15, -0.1) is 0 Å². The van der Waals surface area contributed by atoms with Crippen molar-refractivity contribution in [3.05, 3.63) is 83.7 Å². The average molecular weight is 598 g/mol. The molecular weight excluding hydrogens is 552 g/mol. The molecule has 2 aromatic carbocycles. The molecule has 0 spiro atoms. The lowest BCUT2D eigenvalue weighted by atomic mass is 9.82. The molecule has 5 N–H and O–H groups in total. The molecule has 0 aliphatic rings. The molecule has 0 aliphatic carbocycles. The Bertz CT molecular complexity index is 1340. The molecular formula is C33H45F2N5O3. The summed E-state index contributed by atoms with van der Waals surface area (Å²) in [4.78, 5) is 27.9. The highest BCUT2D eigenvalue weighted by Gasteiger charge is 2.37. The van der Waals surface area contributed by atoms with E-state index in [1.165, 1.54) is 6.07 Å². The second-order valence-electron chi connectivity index (χ2n) is 11.7. The van der Waals surface area contributed by atoms with E-state index in [-0.39, 0.29) is 36.8 Å². The fourth-order valence-corrected chi connectivity index (χ4v) is 5.18. The van der Waals surface area contributed by atoms with Crippen molar-refractivity contribution >= 4 is 11.8 Å². The average Bonchev–Trinajstić information content (AvgIpc) is 3.37. The highest BCUT2D eigenvalue weighted by Crippen LogP contribution is 2.41. The summed E-state index contributed by atoms with van der Waals surface area (Å²) >= 11 is 0. The first-order chi connectivity index (χ1) is 20.5. The third-order valence-corrected chi connectivity index (χ3v) is 7.23. The lowest BCUT2D eigenvalue weighted by molar-refractivity contribution is -0.136. The lowest BCUT2D eigenvalue weighted by Crippen LogP contribution is -2.47. The van der Waals surface area contributed by atoms with Gasteiger partial charge in [0.15, 0.2) is 0 Å². The number of amides is 2. The maximum Gasteiger partial charge on any atom is 0.237 e. The van der Waals surface area contributed by atoms with E-state index >= 15 is 0 Å². The Morgan fingerprint density at radius 3 is 2.44 bits per heavy atom. The predicted octanol–water partition coefficient (Wildman–Crippen LogP) is 4.62. The molecule has 2 amide bonds. The van der Waals surface area contributed by atoms with Crippen molar-refractivity contribution < 1.29 is 23.1 Å². The van der Waals surface area contributed by atoms with Crippen molar-refractivity contribution in [2.24, 2.45) is 16.9 Å². The number of aromatic nitrogens is 1. The van der Waals surface area contributed by atoms with Crippen LogP contribution in [0, 0.1) is 17.0 Å². The maximum atomic E-state index is 14.9. The summed E-state index contributed by atoms with van der Waals surface area (Å²) in [5.74, 6) is -1.51. The normalized spacial score (nSPS) is 13.0. The molecule has 3 rings (SSSR count). The van der Waals surface area contributed by atoms with Gasteiger partial charge in [-0.2, -0.15) is 0 Å². The first-order valence-electron chi connectivity index (χ1n) is 14.8. The topological polar surface area (TPSA) is 116 Å². The van der Waals surface area contributed by atoms with Crippen molar-refractivity contribution in [1.29, 1.82) is 0 Å². The molecule has 43 heavy (non-hydrogen) atoms. The number of halogens is 2. The van der Waals surface area contributed by atoms with E-state index in [2.05, 4.69) is 5.32 Å². The zero-order valence-electron chi connectivity index (χ0n) is 25.6. The van der Waals surface area contributed by atoms with Crippen LogP contribution < -0.4 is 16.8 Å². The van der Waals surface area contributed by atoms with Crippen LogP contribution in [0.15, 0.2) is 60.8 Å². The SMILES string of the molecule is CCC(=O)N(CCC(N)C(=O)NCCOCCN)C(c1cc(-c2cc(F)ccc2F)cn1Cc1ccccc1)C(C)(C)C. The van der Waals surface area contributed by atoms with Crippen LogP contribution in [-0.2, 0) is 20.9 Å². The van der Waals surface area contributed by atoms with Crippen molar-refractivity contribution in [3.63, 3.8) is 0 Å². The summed E-state index contributed by atoms with van der Waals surface area (Å²) in [6.45, 7) is 10.0. The number of hydrogen-bond acceptors (Lipinski definition) is 5. The van der Waals surface area contributed by atoms with E-state index < -0.39 is 29.1 Å². The monoisotopic (exact) mass is 597 g/mol. The summed E-state index contributed by atoms with van der Waals surface area (Å²) in [5, 5.41) is 2.76. The van der Waals surface area contributed by atoms with Crippen LogP contribution in [0.2, 0.25) is 0 Å². The molecule has 3 aromatic rings. The Morgan fingerprint density at radius 2 is 1.79 bits per heavy atom. The predicted molar refractivity (Wildman–Crippen MR) is 165 cm³/mol. The summed E-state index contributed by atoms with van der Waals surface area (Å²) < 4.78 is 36.4. The van der Waals surface area contributed by atoms with E-state index in [1.54, 1.807) is 18.0 Å². The van der Waals surface area contributed by atoms with Gasteiger partial charge in [-0.3, -0.25) is 9.59 Å². The minimum absolute atomic E-state index is 0.103. The fraction of sp³-hybridized carbons (Fsp3) is 0.455. The molecule has 0 saturated carbocycles. The number of nitrogens with two attached hydrogens (primary N) is 2. The molecule has 8 nitrogen and oxygen atoms in total. The van der Waals surface area contributed by atoms with Crippen LogP contribution in [0.4, 0.5) is 8.78 Å². The Balaban J connectivity index is 1.99. The van der Waals surface area contributed by atoms with Crippen LogP contribution in [0.1, 0.15) is 57.8 Å². The van der Waals surface area contributed by atoms with Gasteiger partial charge in [0.1, 0.15) is 11.6 Å². The molecule has 2 unspecified atom stereocenters. The number of carbonyl (C=O) groups excluding carboxylic acids is 2. The van der Waals surface area contributed by atoms with Crippen LogP contribution in [0.5, 0.6) is 0 Å². The molecule has 10 heteroatoms. The maximum absolute atomic E-state index is 14.9. The van der Waals surface area contributed by atoms with Crippen molar-refractivity contribution in [2.75, 3.05) is 32.8 Å². The summed E-state index contributed by atoms with van der Waals surface area (Å²) in [7, 11) is 0. The molecule has 234 valence electrons. The lowest BCUT2D eigenvalue weighted by Gasteiger charge is -2.41. The van der Waals surface area contributed by atoms with Crippen LogP contribution in [0.25, 0.3) is 11.1 Å². The highest BCUT2D eigenvalue weighted by atomic mass is 19.1. The van der Waals surface area contributed by atoms with Gasteiger partial charge in [-0.25, -0.2) is 8.78 Å². The van der Waals surface area contributed by atoms with Crippen molar-refractivity contribution in [2.45, 2.75) is 59.2 Å². The number of nitrogens with one attached hydrogen (secondary N) is 1. The van der Waals surface area contributed by atoms with E-state index in [0.717, 1.165) is 23.4 Å². The summed E-state index contributed by atoms with van der Waals surface area (Å²) in [6.07, 6.45) is 2.29. The van der Waals surface area contributed by atoms with Gasteiger partial charge < -0.3 is 31.0 Å². The Kier molecular flexibility index (Phi) is 12.4. The third kappa shape index (κ3) is 9.44. The second kappa shape index (κ2) is 15.7. The molecule has 0 radical (unpaired) electrons. The van der Waals surface area contributed by atoms with Crippen LogP contribution in [0.3, 0.4) is 0 Å². The smallest absolute Gasteiger partial charge is 0.237 e. The largest absolute Gasteiger partial charge is 0.378 e. The summed E-state index contributed by atoms with van der Waals surface area (Å²) in [5.41, 5.74) is 13.6. The fourth-order valence-electron chi connectivity index (χ4n) is 5.18. The van der Waals surface area contributed by atoms with E-state index in [0.29, 0.717) is 38.4 Å². The van der Waals surface area contributed by atoms with E-state index in [9.17, 15) is 18.4 Å². The first-order valence-corrected chi connectivity index (χ1v) is 14.8. The van der Waals surface area contributed by atoms with Crippen molar-refractivity contribution in [1.82, 2.24) is 14.8 Å². The molecule has 0 bridgehead atoms. The standard InChI is InChI=1S/C33H45F2N5O3/c1-5-30(41)40(16-13-28(37)32(42)38-15-18-43-17-14-36)31(33(2,3)4)29-19-24(26-20-25(34)11-12-27(26)35)22-39(29)21-23-9-7-6-8-10-23/h6-12,19-20,22,28,31H,5,13-18,21,36-37H2,1-4H3,(H,38,42). The Labute approximate surface area is 253 Å². The number of ether oxygens (including phenoxy) is 1. The van der Waals surface area contributed by atoms with Gasteiger partial charge in [-0.1, -0.05) is 58.0 Å². The van der Waals surface area contributed by atoms with Crippen LogP contribution in [-0.4, -0.2) is 60.2 Å². The molecule has 2 atom stereocenters. The Morgan fingerprint density at radius 1 is 1.07 bits per heavy atom. The van der Waals surface area contributed by atoms with Gasteiger partial charge >= 0.3 is 0 Å². The third-order valence-electron chi connectivity index (χ3n) is 7.23. The molecule has 0 saturated heterocycles. The van der Waals surface area contributed by atoms with Gasteiger partial charge in [0.25, 0.3) is 0 Å². The number of nitrogens with zero attached hydrogens (tertiary/aromatic N) is 2. The molecule has 0 aliphatic heterocycles. The zero-order chi connectivity index (χ0) is 31.6. The van der Waals surface area contributed by atoms with E-state index in [1.807, 2.05) is 61.7 Å². The minimum Gasteiger partial charge on any atom is -0.378 e. The van der Waals surface area contributed by atoms with Gasteiger partial charge in [0.2, 0.25) is 11.8 Å². The summed E-state index contributed by atoms with van der Waals surface area (Å²) in [6, 6.07) is 13.7. The second-order valence-corrected chi connectivity index (χ2v) is 11.7. The van der Waals surface area contributed by atoms with Crippen molar-refractivity contribution in [3.8, 4) is 11.1 Å². The zero-order valence-corrected chi connectivity index (χ0v) is 25.6. The number of benzene rings is 2. The Hall–Kier alpha value is -3.60. The quantitative estimate of drug-likeness (QED) is 0.221. The molecule has 1 aromatic heterocycles. The first kappa shape index (κ1) is 33.9. The molecule has 0 fully saturated rings. The number of carbonyl (C=O) groups is 2. The van der Waals surface area contributed by atoms with Gasteiger partial charge in [0.05, 0.1) is 25.3 Å². The minimum atomic E-state index is -0.838. The number of rotatable bonds is 15. The van der Waals surface area contributed by atoms with Gasteiger partial charge in [0, 0.05) is 55.6 Å². The molecule has 1 heterocycles.